The van der Waals surface area contributed by atoms with E-state index in [2.05, 4.69) is 20.9 Å². The minimum Gasteiger partial charge on any atom is -0.372 e. The van der Waals surface area contributed by atoms with Gasteiger partial charge in [0.25, 0.3) is 0 Å². The second-order valence-corrected chi connectivity index (χ2v) is 2.22. The Hall–Kier alpha value is -1.11. The van der Waals surface area contributed by atoms with Crippen LogP contribution in [0.25, 0.3) is 0 Å². The molecule has 2 aliphatic heterocycles. The minimum atomic E-state index is -0.964. The summed E-state index contributed by atoms with van der Waals surface area (Å²) in [5.74, 6) is 0.420. The van der Waals surface area contributed by atoms with Gasteiger partial charge in [-0.3, -0.25) is 0 Å². The van der Waals surface area contributed by atoms with Gasteiger partial charge in [0.15, 0.2) is 18.4 Å². The molecule has 2 atom stereocenters. The van der Waals surface area contributed by atoms with Gasteiger partial charge in [-0.2, -0.15) is 0 Å². The third-order valence-electron chi connectivity index (χ3n) is 1.47. The SMILES string of the molecule is OC1NC2=C(N=C[N]2)C(O)N1. The van der Waals surface area contributed by atoms with Gasteiger partial charge >= 0.3 is 0 Å². The zero-order valence-electron chi connectivity index (χ0n) is 5.52. The van der Waals surface area contributed by atoms with E-state index in [1.165, 1.54) is 6.34 Å². The number of rotatable bonds is 0. The molecule has 0 aromatic heterocycles. The fourth-order valence-electron chi connectivity index (χ4n) is 0.987. The molecule has 0 spiro atoms. The van der Waals surface area contributed by atoms with Crippen molar-refractivity contribution in [3.8, 4) is 0 Å². The molecule has 0 saturated carbocycles. The highest BCUT2D eigenvalue weighted by Crippen LogP contribution is 2.13. The summed E-state index contributed by atoms with van der Waals surface area (Å²) in [5, 5.41) is 27.0. The molecular weight excluding hydrogens is 148 g/mol. The van der Waals surface area contributed by atoms with Crippen LogP contribution in [0, 0.1) is 0 Å². The Labute approximate surface area is 62.6 Å². The van der Waals surface area contributed by atoms with Gasteiger partial charge in [0.05, 0.1) is 0 Å². The average Bonchev–Trinajstić information content (AvgIpc) is 2.34. The predicted molar refractivity (Wildman–Crippen MR) is 35.9 cm³/mol. The van der Waals surface area contributed by atoms with E-state index in [4.69, 9.17) is 5.11 Å². The summed E-state index contributed by atoms with van der Waals surface area (Å²) in [5.41, 5.74) is 0.412. The molecule has 0 aromatic carbocycles. The summed E-state index contributed by atoms with van der Waals surface area (Å²) in [7, 11) is 0. The van der Waals surface area contributed by atoms with E-state index < -0.39 is 12.6 Å². The van der Waals surface area contributed by atoms with Crippen LogP contribution in [0.5, 0.6) is 0 Å². The van der Waals surface area contributed by atoms with Gasteiger partial charge in [0, 0.05) is 0 Å². The Morgan fingerprint density at radius 2 is 2.27 bits per heavy atom. The Morgan fingerprint density at radius 1 is 1.45 bits per heavy atom. The first kappa shape index (κ1) is 6.59. The predicted octanol–water partition coefficient (Wildman–Crippen LogP) is -2.41. The second kappa shape index (κ2) is 2.19. The lowest BCUT2D eigenvalue weighted by atomic mass is 10.3. The van der Waals surface area contributed by atoms with E-state index in [0.29, 0.717) is 11.5 Å². The van der Waals surface area contributed by atoms with Crippen LogP contribution >= 0.6 is 0 Å². The fourth-order valence-corrected chi connectivity index (χ4v) is 0.987. The van der Waals surface area contributed by atoms with Crippen molar-refractivity contribution in [2.24, 2.45) is 4.99 Å². The van der Waals surface area contributed by atoms with Gasteiger partial charge in [-0.25, -0.2) is 15.6 Å². The highest BCUT2D eigenvalue weighted by atomic mass is 16.3. The van der Waals surface area contributed by atoms with Gasteiger partial charge in [-0.1, -0.05) is 0 Å². The summed E-state index contributed by atoms with van der Waals surface area (Å²) in [6, 6.07) is 0. The smallest absolute Gasteiger partial charge is 0.184 e. The van der Waals surface area contributed by atoms with Crippen LogP contribution in [0.15, 0.2) is 16.5 Å². The lowest BCUT2D eigenvalue weighted by Gasteiger charge is -2.25. The lowest BCUT2D eigenvalue weighted by Crippen LogP contribution is -2.52. The van der Waals surface area contributed by atoms with E-state index in [0.717, 1.165) is 0 Å². The van der Waals surface area contributed by atoms with Crippen LogP contribution in [0.2, 0.25) is 0 Å². The Bertz CT molecular complexity index is 237. The third-order valence-corrected chi connectivity index (χ3v) is 1.47. The molecule has 6 heteroatoms. The molecule has 0 aromatic rings. The van der Waals surface area contributed by atoms with E-state index >= 15 is 0 Å². The molecule has 0 amide bonds. The lowest BCUT2D eigenvalue weighted by molar-refractivity contribution is 0.0310. The van der Waals surface area contributed by atoms with Crippen molar-refractivity contribution in [3.63, 3.8) is 0 Å². The van der Waals surface area contributed by atoms with Crippen molar-refractivity contribution in [2.45, 2.75) is 12.6 Å². The summed E-state index contributed by atoms with van der Waals surface area (Å²) in [4.78, 5) is 3.78. The molecule has 0 bridgehead atoms. The van der Waals surface area contributed by atoms with Gasteiger partial charge in [-0.15, -0.1) is 0 Å². The van der Waals surface area contributed by atoms with Crippen molar-refractivity contribution in [1.29, 1.82) is 0 Å². The third kappa shape index (κ3) is 0.967. The van der Waals surface area contributed by atoms with E-state index in [1.54, 1.807) is 0 Å². The summed E-state index contributed by atoms with van der Waals surface area (Å²) in [6.45, 7) is 0. The molecule has 6 nitrogen and oxygen atoms in total. The number of aliphatic hydroxyl groups excluding tert-OH is 2. The average molecular weight is 155 g/mol. The summed E-state index contributed by atoms with van der Waals surface area (Å²) in [6.07, 6.45) is -0.585. The van der Waals surface area contributed by atoms with Crippen LogP contribution in [-0.4, -0.2) is 29.1 Å². The second-order valence-electron chi connectivity index (χ2n) is 2.22. The van der Waals surface area contributed by atoms with Crippen LogP contribution in [0.1, 0.15) is 0 Å². The zero-order valence-corrected chi connectivity index (χ0v) is 5.52. The quantitative estimate of drug-likeness (QED) is 0.313. The maximum atomic E-state index is 9.21. The molecule has 4 N–H and O–H groups in total. The molecule has 11 heavy (non-hydrogen) atoms. The van der Waals surface area contributed by atoms with Gasteiger partial charge in [0.2, 0.25) is 0 Å². The molecule has 59 valence electrons. The van der Waals surface area contributed by atoms with Crippen molar-refractivity contribution in [2.75, 3.05) is 0 Å². The van der Waals surface area contributed by atoms with Crippen LogP contribution in [0.3, 0.4) is 0 Å². The maximum Gasteiger partial charge on any atom is 0.184 e. The van der Waals surface area contributed by atoms with Gasteiger partial charge in [-0.05, 0) is 0 Å². The summed E-state index contributed by atoms with van der Waals surface area (Å²) < 4.78 is 0. The van der Waals surface area contributed by atoms with Crippen LogP contribution in [-0.2, 0) is 0 Å². The summed E-state index contributed by atoms with van der Waals surface area (Å²) >= 11 is 0. The molecular formula is C5H7N4O2. The van der Waals surface area contributed by atoms with Crippen LogP contribution in [0.4, 0.5) is 0 Å². The number of hydrogen-bond donors (Lipinski definition) is 4. The highest BCUT2D eigenvalue weighted by molar-refractivity contribution is 5.63. The Kier molecular flexibility index (Phi) is 1.31. The molecule has 0 fully saturated rings. The number of aliphatic hydroxyl groups is 2. The van der Waals surface area contributed by atoms with E-state index in [-0.39, 0.29) is 0 Å². The standard InChI is InChI=1S/C5H7N4O2/c10-4-2-3(7-1-6-2)8-5(11)9-4/h1,4-5,8-11H. The maximum absolute atomic E-state index is 9.21. The molecule has 0 aliphatic carbocycles. The number of hydrogen-bond acceptors (Lipinski definition) is 5. The monoisotopic (exact) mass is 155 g/mol. The minimum absolute atomic E-state index is 0.412. The highest BCUT2D eigenvalue weighted by Gasteiger charge is 2.27. The molecule has 2 aliphatic rings. The first-order valence-electron chi connectivity index (χ1n) is 3.13. The number of aliphatic imine (C=N–C) groups is 1. The molecule has 2 heterocycles. The van der Waals surface area contributed by atoms with Gasteiger partial charge in [0.1, 0.15) is 12.0 Å². The molecule has 1 radical (unpaired) electrons. The van der Waals surface area contributed by atoms with Crippen molar-refractivity contribution < 1.29 is 10.2 Å². The molecule has 2 unspecified atom stereocenters. The first-order valence-corrected chi connectivity index (χ1v) is 3.13. The van der Waals surface area contributed by atoms with E-state index in [1.807, 2.05) is 0 Å². The zero-order chi connectivity index (χ0) is 7.84. The van der Waals surface area contributed by atoms with E-state index in [9.17, 15) is 5.11 Å². The Balaban J connectivity index is 2.26. The van der Waals surface area contributed by atoms with Crippen molar-refractivity contribution >= 4 is 6.34 Å². The molecule has 0 saturated heterocycles. The largest absolute Gasteiger partial charge is 0.372 e. The van der Waals surface area contributed by atoms with Crippen molar-refractivity contribution in [1.82, 2.24) is 16.0 Å². The topological polar surface area (TPSA) is 91.0 Å². The normalized spacial score (nSPS) is 34.7. The van der Waals surface area contributed by atoms with Crippen LogP contribution < -0.4 is 16.0 Å². The number of nitrogens with zero attached hydrogens (tertiary/aromatic N) is 2. The van der Waals surface area contributed by atoms with Gasteiger partial charge < -0.3 is 15.5 Å². The van der Waals surface area contributed by atoms with Crippen molar-refractivity contribution in [3.05, 3.63) is 11.5 Å². The number of nitrogens with one attached hydrogen (secondary N) is 2. The first-order chi connectivity index (χ1) is 5.27. The Morgan fingerprint density at radius 3 is 3.09 bits per heavy atom. The molecule has 2 rings (SSSR count). The fraction of sp³-hybridized carbons (Fsp3) is 0.400.